The molecule has 0 unspecified atom stereocenters. The number of likely N-dealkylation sites (N-methyl/N-ethyl adjacent to an activating group) is 1. The van der Waals surface area contributed by atoms with Crippen molar-refractivity contribution in [1.29, 1.82) is 0 Å². The van der Waals surface area contributed by atoms with E-state index in [4.69, 9.17) is 9.47 Å². The van der Waals surface area contributed by atoms with Crippen molar-refractivity contribution in [3.05, 3.63) is 41.5 Å². The molecule has 4 heteroatoms. The van der Waals surface area contributed by atoms with E-state index in [9.17, 15) is 4.79 Å². The van der Waals surface area contributed by atoms with Gasteiger partial charge >= 0.3 is 0 Å². The fourth-order valence-electron chi connectivity index (χ4n) is 2.16. The minimum atomic E-state index is 0.0402. The number of ether oxygens (including phenoxy) is 2. The molecule has 1 aliphatic rings. The third-order valence-corrected chi connectivity index (χ3v) is 3.35. The Bertz CT molecular complexity index is 571. The fraction of sp³-hybridized carbons (Fsp3) is 0.353. The number of fused-ring (bicyclic) bond motifs is 1. The molecule has 0 atom stereocenters. The van der Waals surface area contributed by atoms with E-state index in [0.717, 1.165) is 35.7 Å². The van der Waals surface area contributed by atoms with Crippen molar-refractivity contribution in [3.63, 3.8) is 0 Å². The number of amides is 1. The van der Waals surface area contributed by atoms with Crippen LogP contribution in [0.1, 0.15) is 26.3 Å². The van der Waals surface area contributed by atoms with Gasteiger partial charge in [0.2, 0.25) is 12.7 Å². The highest BCUT2D eigenvalue weighted by atomic mass is 16.7. The topological polar surface area (TPSA) is 38.8 Å². The molecule has 2 rings (SSSR count). The van der Waals surface area contributed by atoms with Crippen molar-refractivity contribution in [1.82, 2.24) is 4.90 Å². The monoisotopic (exact) mass is 287 g/mol. The van der Waals surface area contributed by atoms with Crippen LogP contribution in [0.3, 0.4) is 0 Å². The summed E-state index contributed by atoms with van der Waals surface area (Å²) in [7, 11) is 0. The van der Waals surface area contributed by atoms with Crippen LogP contribution in [-0.2, 0) is 4.79 Å². The Kier molecular flexibility index (Phi) is 5.04. The molecular formula is C17H21NO3. The van der Waals surface area contributed by atoms with Crippen molar-refractivity contribution in [2.75, 3.05) is 19.9 Å². The molecule has 0 aromatic heterocycles. The summed E-state index contributed by atoms with van der Waals surface area (Å²) in [6.45, 7) is 7.65. The Balaban J connectivity index is 2.05. The van der Waals surface area contributed by atoms with E-state index in [0.29, 0.717) is 0 Å². The summed E-state index contributed by atoms with van der Waals surface area (Å²) < 4.78 is 10.6. The molecule has 1 aromatic rings. The first-order chi connectivity index (χ1) is 10.1. The van der Waals surface area contributed by atoms with E-state index in [1.54, 1.807) is 11.0 Å². The fourth-order valence-corrected chi connectivity index (χ4v) is 2.16. The van der Waals surface area contributed by atoms with E-state index in [2.05, 4.69) is 0 Å². The molecule has 0 bridgehead atoms. The molecule has 1 aliphatic heterocycles. The Morgan fingerprint density at radius 3 is 2.62 bits per heavy atom. The van der Waals surface area contributed by atoms with Gasteiger partial charge in [0.1, 0.15) is 0 Å². The molecule has 0 radical (unpaired) electrons. The second-order valence-corrected chi connectivity index (χ2v) is 4.84. The lowest BCUT2D eigenvalue weighted by Gasteiger charge is -2.15. The van der Waals surface area contributed by atoms with Crippen LogP contribution in [-0.4, -0.2) is 30.7 Å². The summed E-state index contributed by atoms with van der Waals surface area (Å²) in [5.41, 5.74) is 2.03. The maximum absolute atomic E-state index is 11.9. The number of hydrogen-bond donors (Lipinski definition) is 0. The molecule has 0 spiro atoms. The largest absolute Gasteiger partial charge is 0.454 e. The molecule has 0 saturated heterocycles. The van der Waals surface area contributed by atoms with Crippen LogP contribution < -0.4 is 9.47 Å². The predicted octanol–water partition coefficient (Wildman–Crippen LogP) is 3.24. The highest BCUT2D eigenvalue weighted by Gasteiger charge is 2.12. The molecule has 0 fully saturated rings. The molecule has 112 valence electrons. The zero-order valence-electron chi connectivity index (χ0n) is 12.8. The van der Waals surface area contributed by atoms with E-state index >= 15 is 0 Å². The molecule has 21 heavy (non-hydrogen) atoms. The quantitative estimate of drug-likeness (QED) is 0.616. The third kappa shape index (κ3) is 3.88. The molecule has 0 aliphatic carbocycles. The number of hydrogen-bond acceptors (Lipinski definition) is 3. The van der Waals surface area contributed by atoms with Gasteiger partial charge in [-0.2, -0.15) is 0 Å². The smallest absolute Gasteiger partial charge is 0.246 e. The number of carbonyl (C=O) groups is 1. The van der Waals surface area contributed by atoms with Gasteiger partial charge in [0.05, 0.1) is 0 Å². The molecule has 1 aromatic carbocycles. The maximum atomic E-state index is 11.9. The SMILES string of the molecule is CCN(CC)C(=O)/C=C/C(C)=C/c1ccc2c(c1)OCO2. The first-order valence-corrected chi connectivity index (χ1v) is 7.19. The van der Waals surface area contributed by atoms with Crippen LogP contribution >= 0.6 is 0 Å². The lowest BCUT2D eigenvalue weighted by Crippen LogP contribution is -2.28. The number of allylic oxidation sites excluding steroid dienone is 2. The average Bonchev–Trinajstić information content (AvgIpc) is 2.94. The summed E-state index contributed by atoms with van der Waals surface area (Å²) >= 11 is 0. The van der Waals surface area contributed by atoms with Crippen molar-refractivity contribution < 1.29 is 14.3 Å². The predicted molar refractivity (Wildman–Crippen MR) is 83.3 cm³/mol. The molecular weight excluding hydrogens is 266 g/mol. The van der Waals surface area contributed by atoms with E-state index < -0.39 is 0 Å². The van der Waals surface area contributed by atoms with Gasteiger partial charge in [0, 0.05) is 19.2 Å². The number of nitrogens with zero attached hydrogens (tertiary/aromatic N) is 1. The van der Waals surface area contributed by atoms with Crippen molar-refractivity contribution in [2.45, 2.75) is 20.8 Å². The third-order valence-electron chi connectivity index (χ3n) is 3.35. The first-order valence-electron chi connectivity index (χ1n) is 7.19. The second-order valence-electron chi connectivity index (χ2n) is 4.84. The van der Waals surface area contributed by atoms with Gasteiger partial charge in [0.15, 0.2) is 11.5 Å². The lowest BCUT2D eigenvalue weighted by molar-refractivity contribution is -0.125. The number of benzene rings is 1. The van der Waals surface area contributed by atoms with Gasteiger partial charge in [0.25, 0.3) is 0 Å². The van der Waals surface area contributed by atoms with Crippen LogP contribution in [0.4, 0.5) is 0 Å². The molecule has 4 nitrogen and oxygen atoms in total. The molecule has 1 heterocycles. The average molecular weight is 287 g/mol. The minimum absolute atomic E-state index is 0.0402. The standard InChI is InChI=1S/C17H21NO3/c1-4-18(5-2)17(19)9-6-13(3)10-14-7-8-15-16(11-14)21-12-20-15/h6-11H,4-5,12H2,1-3H3/b9-6+,13-10+. The Hall–Kier alpha value is -2.23. The van der Waals surface area contributed by atoms with E-state index in [1.165, 1.54) is 0 Å². The van der Waals surface area contributed by atoms with Crippen LogP contribution in [0.2, 0.25) is 0 Å². The summed E-state index contributed by atoms with van der Waals surface area (Å²) in [6, 6.07) is 5.80. The molecule has 0 saturated carbocycles. The highest BCUT2D eigenvalue weighted by Crippen LogP contribution is 2.33. The molecule has 0 N–H and O–H groups in total. The van der Waals surface area contributed by atoms with E-state index in [1.807, 2.05) is 51.1 Å². The van der Waals surface area contributed by atoms with Gasteiger partial charge < -0.3 is 14.4 Å². The van der Waals surface area contributed by atoms with Crippen LogP contribution in [0, 0.1) is 0 Å². The molecule has 1 amide bonds. The van der Waals surface area contributed by atoms with Gasteiger partial charge in [-0.15, -0.1) is 0 Å². The zero-order chi connectivity index (χ0) is 15.2. The second kappa shape index (κ2) is 6.97. The van der Waals surface area contributed by atoms with Gasteiger partial charge in [-0.25, -0.2) is 0 Å². The Morgan fingerprint density at radius 2 is 1.90 bits per heavy atom. The summed E-state index contributed by atoms with van der Waals surface area (Å²) in [5, 5.41) is 0. The normalized spacial score (nSPS) is 13.8. The van der Waals surface area contributed by atoms with Crippen LogP contribution in [0.5, 0.6) is 11.5 Å². The highest BCUT2D eigenvalue weighted by molar-refractivity contribution is 5.88. The number of carbonyl (C=O) groups excluding carboxylic acids is 1. The Labute approximate surface area is 125 Å². The summed E-state index contributed by atoms with van der Waals surface area (Å²) in [5.74, 6) is 1.58. The number of rotatable bonds is 5. The van der Waals surface area contributed by atoms with Gasteiger partial charge in [-0.1, -0.05) is 23.8 Å². The van der Waals surface area contributed by atoms with Gasteiger partial charge in [-0.3, -0.25) is 4.79 Å². The summed E-state index contributed by atoms with van der Waals surface area (Å²) in [6.07, 6.45) is 5.46. The maximum Gasteiger partial charge on any atom is 0.246 e. The van der Waals surface area contributed by atoms with E-state index in [-0.39, 0.29) is 12.7 Å². The van der Waals surface area contributed by atoms with Crippen molar-refractivity contribution in [3.8, 4) is 11.5 Å². The van der Waals surface area contributed by atoms with Crippen LogP contribution in [0.25, 0.3) is 6.08 Å². The summed E-state index contributed by atoms with van der Waals surface area (Å²) in [4.78, 5) is 13.7. The minimum Gasteiger partial charge on any atom is -0.454 e. The van der Waals surface area contributed by atoms with Gasteiger partial charge in [-0.05, 0) is 38.5 Å². The van der Waals surface area contributed by atoms with Crippen molar-refractivity contribution in [2.24, 2.45) is 0 Å². The van der Waals surface area contributed by atoms with Crippen molar-refractivity contribution >= 4 is 12.0 Å². The first kappa shape index (κ1) is 15.2. The van der Waals surface area contributed by atoms with Crippen LogP contribution in [0.15, 0.2) is 35.9 Å². The zero-order valence-corrected chi connectivity index (χ0v) is 12.8. The lowest BCUT2D eigenvalue weighted by atomic mass is 10.1. The Morgan fingerprint density at radius 1 is 1.19 bits per heavy atom.